The number of nitrogens with zero attached hydrogens (tertiary/aromatic N) is 2. The number of ether oxygens (including phenoxy) is 2. The van der Waals surface area contributed by atoms with Crippen molar-refractivity contribution in [1.82, 2.24) is 10.2 Å². The fraction of sp³-hybridized carbons (Fsp3) is 0.933. The van der Waals surface area contributed by atoms with Gasteiger partial charge >= 0.3 is 0 Å². The van der Waals surface area contributed by atoms with Gasteiger partial charge in [0.05, 0.1) is 18.5 Å². The van der Waals surface area contributed by atoms with Crippen molar-refractivity contribution in [3.63, 3.8) is 0 Å². The second kappa shape index (κ2) is 8.84. The van der Waals surface area contributed by atoms with Gasteiger partial charge < -0.3 is 19.7 Å². The summed E-state index contributed by atoms with van der Waals surface area (Å²) in [6.45, 7) is 6.38. The maximum absolute atomic E-state index is 11.2. The van der Waals surface area contributed by atoms with Crippen molar-refractivity contribution in [2.45, 2.75) is 38.4 Å². The molecule has 2 rings (SSSR count). The third-order valence-electron chi connectivity index (χ3n) is 4.04. The Morgan fingerprint density at radius 2 is 2.09 bits per heavy atom. The van der Waals surface area contributed by atoms with E-state index < -0.39 is 9.84 Å². The molecule has 2 fully saturated rings. The molecule has 1 N–H and O–H groups in total. The van der Waals surface area contributed by atoms with E-state index in [0.29, 0.717) is 19.6 Å². The summed E-state index contributed by atoms with van der Waals surface area (Å²) in [7, 11) is -2.92. The minimum atomic E-state index is -2.92. The Balaban J connectivity index is 1.90. The predicted octanol–water partition coefficient (Wildman–Crippen LogP) is 0.266. The Morgan fingerprint density at radius 1 is 1.30 bits per heavy atom. The van der Waals surface area contributed by atoms with Crippen LogP contribution in [0, 0.1) is 0 Å². The van der Waals surface area contributed by atoms with Crippen LogP contribution in [0.4, 0.5) is 0 Å². The van der Waals surface area contributed by atoms with Crippen LogP contribution in [-0.2, 0) is 19.3 Å². The zero-order chi connectivity index (χ0) is 16.7. The zero-order valence-electron chi connectivity index (χ0n) is 14.2. The number of hydrogen-bond acceptors (Lipinski definition) is 5. The van der Waals surface area contributed by atoms with Gasteiger partial charge in [0, 0.05) is 39.0 Å². The van der Waals surface area contributed by atoms with E-state index in [-0.39, 0.29) is 18.0 Å². The summed E-state index contributed by atoms with van der Waals surface area (Å²) in [6, 6.07) is 0. The van der Waals surface area contributed by atoms with Crippen molar-refractivity contribution in [3.05, 3.63) is 0 Å². The summed E-state index contributed by atoms with van der Waals surface area (Å²) in [4.78, 5) is 6.77. The van der Waals surface area contributed by atoms with Crippen LogP contribution < -0.4 is 5.32 Å². The number of nitrogens with one attached hydrogen (secondary N) is 1. The Kier molecular flexibility index (Phi) is 7.10. The van der Waals surface area contributed by atoms with Gasteiger partial charge in [0.25, 0.3) is 0 Å². The second-order valence-corrected chi connectivity index (χ2v) is 8.39. The van der Waals surface area contributed by atoms with E-state index in [1.54, 1.807) is 0 Å². The van der Waals surface area contributed by atoms with Gasteiger partial charge in [-0.1, -0.05) is 0 Å². The molecule has 0 aromatic rings. The van der Waals surface area contributed by atoms with Gasteiger partial charge in [-0.25, -0.2) is 8.42 Å². The number of morpholine rings is 1. The van der Waals surface area contributed by atoms with Crippen molar-refractivity contribution < 1.29 is 17.9 Å². The molecule has 134 valence electrons. The molecule has 0 aliphatic carbocycles. The summed E-state index contributed by atoms with van der Waals surface area (Å²) in [5, 5.41) is 3.29. The highest BCUT2D eigenvalue weighted by molar-refractivity contribution is 7.90. The van der Waals surface area contributed by atoms with Crippen molar-refractivity contribution in [2.24, 2.45) is 4.99 Å². The van der Waals surface area contributed by atoms with E-state index >= 15 is 0 Å². The van der Waals surface area contributed by atoms with Crippen LogP contribution in [-0.4, -0.2) is 82.9 Å². The van der Waals surface area contributed by atoms with Crippen molar-refractivity contribution >= 4 is 15.8 Å². The molecule has 8 heteroatoms. The first kappa shape index (κ1) is 18.5. The van der Waals surface area contributed by atoms with E-state index in [0.717, 1.165) is 45.0 Å². The van der Waals surface area contributed by atoms with Crippen LogP contribution in [0.5, 0.6) is 0 Å². The van der Waals surface area contributed by atoms with Crippen molar-refractivity contribution in [3.8, 4) is 0 Å². The summed E-state index contributed by atoms with van der Waals surface area (Å²) in [6.07, 6.45) is 4.24. The maximum atomic E-state index is 11.2. The van der Waals surface area contributed by atoms with Crippen molar-refractivity contribution in [1.29, 1.82) is 0 Å². The SMILES string of the molecule is CCNC(=NCCCS(C)(=O)=O)N1CCOC(C2CCCO2)C1. The molecule has 2 unspecified atom stereocenters. The van der Waals surface area contributed by atoms with Crippen LogP contribution >= 0.6 is 0 Å². The molecular weight excluding hydrogens is 318 g/mol. The standard InChI is InChI=1S/C15H29N3O4S/c1-3-16-15(17-7-5-11-23(2,19)20)18-8-10-22-14(12-18)13-6-4-9-21-13/h13-14H,3-12H2,1-2H3,(H,16,17). The second-order valence-electron chi connectivity index (χ2n) is 6.13. The first-order valence-corrected chi connectivity index (χ1v) is 10.5. The lowest BCUT2D eigenvalue weighted by Crippen LogP contribution is -2.53. The average Bonchev–Trinajstić information content (AvgIpc) is 3.04. The van der Waals surface area contributed by atoms with Gasteiger partial charge in [-0.2, -0.15) is 0 Å². The Hall–Kier alpha value is -0.860. The van der Waals surface area contributed by atoms with E-state index in [1.165, 1.54) is 6.26 Å². The molecule has 23 heavy (non-hydrogen) atoms. The molecule has 0 aromatic carbocycles. The van der Waals surface area contributed by atoms with Gasteiger partial charge in [0.2, 0.25) is 0 Å². The Morgan fingerprint density at radius 3 is 2.74 bits per heavy atom. The summed E-state index contributed by atoms with van der Waals surface area (Å²) >= 11 is 0. The van der Waals surface area contributed by atoms with Crippen LogP contribution in [0.2, 0.25) is 0 Å². The Bertz CT molecular complexity index is 489. The molecule has 2 atom stereocenters. The lowest BCUT2D eigenvalue weighted by atomic mass is 10.1. The van der Waals surface area contributed by atoms with Gasteiger partial charge in [0.15, 0.2) is 5.96 Å². The summed E-state index contributed by atoms with van der Waals surface area (Å²) < 4.78 is 34.0. The molecule has 2 aliphatic rings. The van der Waals surface area contributed by atoms with E-state index in [9.17, 15) is 8.42 Å². The minimum Gasteiger partial charge on any atom is -0.375 e. The monoisotopic (exact) mass is 347 g/mol. The van der Waals surface area contributed by atoms with Gasteiger partial charge in [-0.3, -0.25) is 4.99 Å². The summed E-state index contributed by atoms with van der Waals surface area (Å²) in [5.74, 6) is 1.02. The number of rotatable bonds is 6. The molecular formula is C15H29N3O4S. The average molecular weight is 347 g/mol. The normalized spacial score (nSPS) is 26.5. The maximum Gasteiger partial charge on any atom is 0.194 e. The highest BCUT2D eigenvalue weighted by Gasteiger charge is 2.32. The van der Waals surface area contributed by atoms with Crippen LogP contribution in [0.3, 0.4) is 0 Å². The fourth-order valence-corrected chi connectivity index (χ4v) is 3.58. The quantitative estimate of drug-likeness (QED) is 0.422. The third-order valence-corrected chi connectivity index (χ3v) is 5.07. The van der Waals surface area contributed by atoms with Crippen LogP contribution in [0.25, 0.3) is 0 Å². The van der Waals surface area contributed by atoms with E-state index in [2.05, 4.69) is 15.2 Å². The molecule has 0 bridgehead atoms. The number of hydrogen-bond donors (Lipinski definition) is 1. The highest BCUT2D eigenvalue weighted by Crippen LogP contribution is 2.21. The van der Waals surface area contributed by atoms with E-state index in [4.69, 9.17) is 9.47 Å². The first-order valence-electron chi connectivity index (χ1n) is 8.44. The molecule has 0 saturated carbocycles. The van der Waals surface area contributed by atoms with Crippen molar-refractivity contribution in [2.75, 3.05) is 51.4 Å². The lowest BCUT2D eigenvalue weighted by Gasteiger charge is -2.37. The smallest absolute Gasteiger partial charge is 0.194 e. The van der Waals surface area contributed by atoms with E-state index in [1.807, 2.05) is 6.92 Å². The zero-order valence-corrected chi connectivity index (χ0v) is 15.0. The first-order chi connectivity index (χ1) is 11.0. The largest absolute Gasteiger partial charge is 0.375 e. The molecule has 0 aromatic heterocycles. The van der Waals surface area contributed by atoms with Gasteiger partial charge in [-0.05, 0) is 26.2 Å². The molecule has 0 amide bonds. The highest BCUT2D eigenvalue weighted by atomic mass is 32.2. The number of sulfone groups is 1. The van der Waals surface area contributed by atoms with Crippen LogP contribution in [0.1, 0.15) is 26.2 Å². The predicted molar refractivity (Wildman–Crippen MR) is 90.6 cm³/mol. The topological polar surface area (TPSA) is 80.2 Å². The van der Waals surface area contributed by atoms with Gasteiger partial charge in [0.1, 0.15) is 15.9 Å². The Labute approximate surface area is 139 Å². The van der Waals surface area contributed by atoms with Crippen LogP contribution in [0.15, 0.2) is 4.99 Å². The number of aliphatic imine (C=N–C) groups is 1. The molecule has 7 nitrogen and oxygen atoms in total. The van der Waals surface area contributed by atoms with Gasteiger partial charge in [-0.15, -0.1) is 0 Å². The molecule has 2 saturated heterocycles. The summed E-state index contributed by atoms with van der Waals surface area (Å²) in [5.41, 5.74) is 0. The molecule has 2 aliphatic heterocycles. The molecule has 2 heterocycles. The molecule has 0 spiro atoms. The minimum absolute atomic E-state index is 0.0890. The number of guanidine groups is 1. The lowest BCUT2D eigenvalue weighted by molar-refractivity contribution is -0.0817. The molecule has 0 radical (unpaired) electrons. The third kappa shape index (κ3) is 6.27. The fourth-order valence-electron chi connectivity index (χ4n) is 2.93.